The molecule has 2 aromatic carbocycles. The van der Waals surface area contributed by atoms with E-state index in [0.717, 1.165) is 30.4 Å². The van der Waals surface area contributed by atoms with E-state index in [9.17, 15) is 14.4 Å². The minimum atomic E-state index is -0.459. The number of imide groups is 1. The van der Waals surface area contributed by atoms with Crippen molar-refractivity contribution in [1.82, 2.24) is 0 Å². The molecule has 0 aromatic heterocycles. The Morgan fingerprint density at radius 1 is 0.931 bits per heavy atom. The Bertz CT molecular complexity index is 998. The second-order valence-electron chi connectivity index (χ2n) is 8.53. The van der Waals surface area contributed by atoms with Crippen molar-refractivity contribution in [2.24, 2.45) is 23.7 Å². The molecule has 0 radical (unpaired) electrons. The van der Waals surface area contributed by atoms with Crippen LogP contribution in [0, 0.1) is 37.5 Å². The summed E-state index contributed by atoms with van der Waals surface area (Å²) >= 11 is 0. The van der Waals surface area contributed by atoms with Crippen LogP contribution in [0.15, 0.2) is 42.5 Å². The van der Waals surface area contributed by atoms with Crippen LogP contribution in [0.2, 0.25) is 0 Å². The van der Waals surface area contributed by atoms with Crippen molar-refractivity contribution < 1.29 is 19.1 Å². The number of amides is 2. The van der Waals surface area contributed by atoms with Crippen molar-refractivity contribution >= 4 is 23.5 Å². The van der Waals surface area contributed by atoms with E-state index in [1.807, 2.05) is 26.0 Å². The molecule has 5 rings (SSSR count). The number of benzene rings is 2. The van der Waals surface area contributed by atoms with Crippen LogP contribution >= 0.6 is 0 Å². The third-order valence-corrected chi connectivity index (χ3v) is 7.05. The molecule has 3 fully saturated rings. The zero-order valence-electron chi connectivity index (χ0n) is 16.6. The van der Waals surface area contributed by atoms with Gasteiger partial charge < -0.3 is 4.74 Å². The monoisotopic (exact) mass is 389 g/mol. The molecule has 3 aliphatic rings. The summed E-state index contributed by atoms with van der Waals surface area (Å²) in [4.78, 5) is 39.7. The molecule has 0 unspecified atom stereocenters. The first kappa shape index (κ1) is 18.1. The SMILES string of the molecule is Cc1cccc(OC(=O)c2ccc(N3C(=O)[C@@H]4[C@@H]5CC[C@@H](C5)[C@@H]4C3=O)cc2)c1C. The number of rotatable bonds is 3. The zero-order valence-corrected chi connectivity index (χ0v) is 16.6. The lowest BCUT2D eigenvalue weighted by Crippen LogP contribution is -2.32. The maximum absolute atomic E-state index is 12.9. The maximum Gasteiger partial charge on any atom is 0.343 e. The Morgan fingerprint density at radius 2 is 1.55 bits per heavy atom. The fourth-order valence-electron chi connectivity index (χ4n) is 5.40. The quantitative estimate of drug-likeness (QED) is 0.451. The zero-order chi connectivity index (χ0) is 20.3. The highest BCUT2D eigenvalue weighted by atomic mass is 16.5. The third kappa shape index (κ3) is 2.71. The number of nitrogens with zero attached hydrogens (tertiary/aromatic N) is 1. The summed E-state index contributed by atoms with van der Waals surface area (Å²) in [5, 5.41) is 0. The van der Waals surface area contributed by atoms with Crippen LogP contribution in [0.4, 0.5) is 5.69 Å². The molecule has 148 valence electrons. The average Bonchev–Trinajstić information content (AvgIpc) is 3.39. The van der Waals surface area contributed by atoms with Gasteiger partial charge in [0, 0.05) is 0 Å². The van der Waals surface area contributed by atoms with Crippen LogP contribution in [0.3, 0.4) is 0 Å². The Hall–Kier alpha value is -2.95. The van der Waals surface area contributed by atoms with Crippen LogP contribution < -0.4 is 9.64 Å². The Balaban J connectivity index is 1.35. The van der Waals surface area contributed by atoms with Crippen molar-refractivity contribution in [3.63, 3.8) is 0 Å². The Kier molecular flexibility index (Phi) is 4.09. The smallest absolute Gasteiger partial charge is 0.343 e. The summed E-state index contributed by atoms with van der Waals surface area (Å²) in [6.45, 7) is 3.88. The van der Waals surface area contributed by atoms with Gasteiger partial charge in [0.15, 0.2) is 0 Å². The third-order valence-electron chi connectivity index (χ3n) is 7.05. The number of esters is 1. The van der Waals surface area contributed by atoms with Gasteiger partial charge in [0.2, 0.25) is 11.8 Å². The summed E-state index contributed by atoms with van der Waals surface area (Å²) in [5.74, 6) is 0.365. The Morgan fingerprint density at radius 3 is 2.17 bits per heavy atom. The van der Waals surface area contributed by atoms with Crippen molar-refractivity contribution in [2.45, 2.75) is 33.1 Å². The fourth-order valence-corrected chi connectivity index (χ4v) is 5.40. The van der Waals surface area contributed by atoms with Gasteiger partial charge in [-0.3, -0.25) is 14.5 Å². The lowest BCUT2D eigenvalue weighted by molar-refractivity contribution is -0.123. The molecule has 29 heavy (non-hydrogen) atoms. The molecule has 2 amide bonds. The highest BCUT2D eigenvalue weighted by molar-refractivity contribution is 6.22. The number of carbonyl (C=O) groups is 3. The van der Waals surface area contributed by atoms with E-state index in [1.165, 1.54) is 4.90 Å². The van der Waals surface area contributed by atoms with Gasteiger partial charge in [-0.25, -0.2) is 4.79 Å². The van der Waals surface area contributed by atoms with Crippen LogP contribution in [-0.2, 0) is 9.59 Å². The first-order valence-electron chi connectivity index (χ1n) is 10.2. The van der Waals surface area contributed by atoms with Gasteiger partial charge >= 0.3 is 5.97 Å². The van der Waals surface area contributed by atoms with Crippen LogP contribution in [-0.4, -0.2) is 17.8 Å². The van der Waals surface area contributed by atoms with Gasteiger partial charge in [0.1, 0.15) is 5.75 Å². The van der Waals surface area contributed by atoms with Gasteiger partial charge in [-0.15, -0.1) is 0 Å². The highest BCUT2D eigenvalue weighted by Crippen LogP contribution is 2.56. The first-order valence-corrected chi connectivity index (χ1v) is 10.2. The fraction of sp³-hybridized carbons (Fsp3) is 0.375. The lowest BCUT2D eigenvalue weighted by atomic mass is 9.81. The van der Waals surface area contributed by atoms with Gasteiger partial charge in [-0.05, 0) is 86.4 Å². The summed E-state index contributed by atoms with van der Waals surface area (Å²) in [5.41, 5.74) is 2.90. The highest BCUT2D eigenvalue weighted by Gasteiger charge is 2.61. The number of hydrogen-bond acceptors (Lipinski definition) is 4. The number of carbonyl (C=O) groups excluding carboxylic acids is 3. The second-order valence-corrected chi connectivity index (χ2v) is 8.53. The predicted octanol–water partition coefficient (Wildman–Crippen LogP) is 4.06. The molecule has 5 nitrogen and oxygen atoms in total. The number of anilines is 1. The predicted molar refractivity (Wildman–Crippen MR) is 108 cm³/mol. The van der Waals surface area contributed by atoms with Gasteiger partial charge in [-0.2, -0.15) is 0 Å². The van der Waals surface area contributed by atoms with Crippen molar-refractivity contribution in [3.05, 3.63) is 59.2 Å². The lowest BCUT2D eigenvalue weighted by Gasteiger charge is -2.19. The number of ether oxygens (including phenoxy) is 1. The first-order chi connectivity index (χ1) is 14.0. The maximum atomic E-state index is 12.9. The molecule has 5 heteroatoms. The molecule has 2 aliphatic carbocycles. The minimum Gasteiger partial charge on any atom is -0.423 e. The van der Waals surface area contributed by atoms with Crippen LogP contribution in [0.25, 0.3) is 0 Å². The number of hydrogen-bond donors (Lipinski definition) is 0. The molecule has 0 N–H and O–H groups in total. The number of aryl methyl sites for hydroxylation is 1. The van der Waals surface area contributed by atoms with Gasteiger partial charge in [-0.1, -0.05) is 12.1 Å². The Labute approximate surface area is 169 Å². The summed E-state index contributed by atoms with van der Waals surface area (Å²) < 4.78 is 5.53. The van der Waals surface area contributed by atoms with E-state index >= 15 is 0 Å². The van der Waals surface area contributed by atoms with E-state index in [2.05, 4.69) is 0 Å². The van der Waals surface area contributed by atoms with Crippen molar-refractivity contribution in [1.29, 1.82) is 0 Å². The molecule has 2 bridgehead atoms. The molecular weight excluding hydrogens is 366 g/mol. The standard InChI is InChI=1S/C24H23NO4/c1-13-4-3-5-19(14(13)2)29-24(28)15-8-10-18(11-9-15)25-22(26)20-16-6-7-17(12-16)21(20)23(25)27/h3-5,8-11,16-17,20-21H,6-7,12H2,1-2H3/t16-,17+,20-,21+. The van der Waals surface area contributed by atoms with Crippen molar-refractivity contribution in [3.8, 4) is 5.75 Å². The normalized spacial score (nSPS) is 27.4. The van der Waals surface area contributed by atoms with E-state index in [4.69, 9.17) is 4.74 Å². The topological polar surface area (TPSA) is 63.7 Å². The van der Waals surface area contributed by atoms with E-state index in [0.29, 0.717) is 28.8 Å². The molecule has 4 atom stereocenters. The average molecular weight is 389 g/mol. The van der Waals surface area contributed by atoms with Gasteiger partial charge in [0.25, 0.3) is 0 Å². The summed E-state index contributed by atoms with van der Waals surface area (Å²) in [6, 6.07) is 12.1. The largest absolute Gasteiger partial charge is 0.423 e. The summed E-state index contributed by atoms with van der Waals surface area (Å²) in [6.07, 6.45) is 3.13. The van der Waals surface area contributed by atoms with Crippen LogP contribution in [0.1, 0.15) is 40.7 Å². The molecule has 1 saturated heterocycles. The van der Waals surface area contributed by atoms with E-state index in [1.54, 1.807) is 30.3 Å². The van der Waals surface area contributed by atoms with E-state index < -0.39 is 5.97 Å². The molecule has 1 heterocycles. The molecular formula is C24H23NO4. The number of fused-ring (bicyclic) bond motifs is 5. The van der Waals surface area contributed by atoms with Crippen molar-refractivity contribution in [2.75, 3.05) is 4.90 Å². The van der Waals surface area contributed by atoms with Gasteiger partial charge in [0.05, 0.1) is 23.1 Å². The molecule has 2 saturated carbocycles. The summed E-state index contributed by atoms with van der Waals surface area (Å²) in [7, 11) is 0. The minimum absolute atomic E-state index is 0.0714. The van der Waals surface area contributed by atoms with E-state index in [-0.39, 0.29) is 23.7 Å². The molecule has 2 aromatic rings. The molecule has 0 spiro atoms. The van der Waals surface area contributed by atoms with Crippen LogP contribution in [0.5, 0.6) is 5.75 Å². The second kappa shape index (κ2) is 6.55. The molecule has 1 aliphatic heterocycles.